The van der Waals surface area contributed by atoms with E-state index in [0.29, 0.717) is 6.42 Å². The summed E-state index contributed by atoms with van der Waals surface area (Å²) in [6, 6.07) is 5.91. The molecule has 2 aromatic rings. The van der Waals surface area contributed by atoms with Crippen LogP contribution in [0.15, 0.2) is 28.1 Å². The van der Waals surface area contributed by atoms with Crippen LogP contribution in [-0.2, 0) is 6.42 Å². The van der Waals surface area contributed by atoms with E-state index in [2.05, 4.69) is 21.2 Å². The van der Waals surface area contributed by atoms with Crippen molar-refractivity contribution in [1.29, 1.82) is 0 Å². The van der Waals surface area contributed by atoms with E-state index in [1.807, 2.05) is 13.0 Å². The van der Waals surface area contributed by atoms with Gasteiger partial charge in [0.2, 0.25) is 0 Å². The molecule has 1 N–H and O–H groups in total. The van der Waals surface area contributed by atoms with Crippen LogP contribution in [-0.4, -0.2) is 7.05 Å². The molecule has 0 fully saturated rings. The van der Waals surface area contributed by atoms with E-state index >= 15 is 0 Å². The van der Waals surface area contributed by atoms with Crippen LogP contribution in [0.2, 0.25) is 0 Å². The lowest BCUT2D eigenvalue weighted by Gasteiger charge is -2.15. The molecule has 19 heavy (non-hydrogen) atoms. The van der Waals surface area contributed by atoms with Crippen molar-refractivity contribution in [3.63, 3.8) is 0 Å². The molecule has 2 rings (SSSR count). The van der Waals surface area contributed by atoms with Crippen LogP contribution in [0, 0.1) is 18.6 Å². The van der Waals surface area contributed by atoms with Gasteiger partial charge in [0.05, 0.1) is 3.79 Å². The second kappa shape index (κ2) is 6.11. The molecule has 1 unspecified atom stereocenters. The van der Waals surface area contributed by atoms with Crippen LogP contribution in [0.25, 0.3) is 0 Å². The summed E-state index contributed by atoms with van der Waals surface area (Å²) >= 11 is 5.06. The average molecular weight is 346 g/mol. The summed E-state index contributed by atoms with van der Waals surface area (Å²) in [5.74, 6) is -0.986. The number of benzene rings is 1. The van der Waals surface area contributed by atoms with Crippen LogP contribution in [0.1, 0.15) is 22.0 Å². The Morgan fingerprint density at radius 1 is 1.32 bits per heavy atom. The largest absolute Gasteiger partial charge is 0.312 e. The third kappa shape index (κ3) is 3.22. The highest BCUT2D eigenvalue weighted by molar-refractivity contribution is 9.11. The zero-order valence-electron chi connectivity index (χ0n) is 10.6. The molecule has 0 aliphatic rings. The Morgan fingerprint density at radius 3 is 2.42 bits per heavy atom. The summed E-state index contributed by atoms with van der Waals surface area (Å²) in [6.07, 6.45) is 0.293. The Kier molecular flexibility index (Phi) is 4.71. The van der Waals surface area contributed by atoms with Crippen molar-refractivity contribution < 1.29 is 8.78 Å². The van der Waals surface area contributed by atoms with Crippen molar-refractivity contribution >= 4 is 27.3 Å². The third-order valence-electron chi connectivity index (χ3n) is 3.04. The van der Waals surface area contributed by atoms with Gasteiger partial charge in [0.15, 0.2) is 0 Å². The van der Waals surface area contributed by atoms with Crippen LogP contribution < -0.4 is 5.32 Å². The minimum absolute atomic E-state index is 0.0959. The zero-order valence-corrected chi connectivity index (χ0v) is 13.0. The van der Waals surface area contributed by atoms with E-state index in [1.165, 1.54) is 18.2 Å². The lowest BCUT2D eigenvalue weighted by Crippen LogP contribution is -2.19. The first-order valence-corrected chi connectivity index (χ1v) is 7.50. The minimum Gasteiger partial charge on any atom is -0.312 e. The zero-order chi connectivity index (χ0) is 14.0. The molecule has 0 saturated carbocycles. The van der Waals surface area contributed by atoms with Gasteiger partial charge in [-0.1, -0.05) is 6.07 Å². The standard InChI is InChI=1S/C14H14BrF2NS/c1-8-6-13(19-14(8)15)12(18-2)7-9-10(16)4-3-5-11(9)17/h3-6,12,18H,7H2,1-2H3. The highest BCUT2D eigenvalue weighted by atomic mass is 79.9. The van der Waals surface area contributed by atoms with E-state index < -0.39 is 11.6 Å². The Hall–Kier alpha value is -0.780. The van der Waals surface area contributed by atoms with Crippen molar-refractivity contribution in [2.24, 2.45) is 0 Å². The summed E-state index contributed by atoms with van der Waals surface area (Å²) in [5.41, 5.74) is 1.26. The van der Waals surface area contributed by atoms with Gasteiger partial charge in [-0.15, -0.1) is 11.3 Å². The molecule has 0 aliphatic carbocycles. The Bertz CT molecular complexity index is 543. The van der Waals surface area contributed by atoms with Crippen LogP contribution in [0.4, 0.5) is 8.78 Å². The number of rotatable bonds is 4. The second-order valence-corrected chi connectivity index (χ2v) is 6.75. The maximum absolute atomic E-state index is 13.7. The van der Waals surface area contributed by atoms with E-state index in [4.69, 9.17) is 0 Å². The number of hydrogen-bond donors (Lipinski definition) is 1. The van der Waals surface area contributed by atoms with Gasteiger partial charge in [-0.05, 0) is 60.1 Å². The molecule has 5 heteroatoms. The number of halogens is 3. The molecule has 102 valence electrons. The van der Waals surface area contributed by atoms with Crippen molar-refractivity contribution in [2.45, 2.75) is 19.4 Å². The van der Waals surface area contributed by atoms with Gasteiger partial charge >= 0.3 is 0 Å². The van der Waals surface area contributed by atoms with Crippen molar-refractivity contribution in [3.05, 3.63) is 55.7 Å². The SMILES string of the molecule is CNC(Cc1c(F)cccc1F)c1cc(C)c(Br)s1. The number of nitrogens with one attached hydrogen (secondary N) is 1. The van der Waals surface area contributed by atoms with Crippen LogP contribution in [0.5, 0.6) is 0 Å². The Balaban J connectivity index is 2.29. The van der Waals surface area contributed by atoms with Gasteiger partial charge in [0.1, 0.15) is 11.6 Å². The molecule has 1 aromatic heterocycles. The summed E-state index contributed by atoms with van der Waals surface area (Å²) in [5, 5.41) is 3.12. The first kappa shape index (κ1) is 14.6. The fraction of sp³-hybridized carbons (Fsp3) is 0.286. The molecule has 0 bridgehead atoms. The number of thiophene rings is 1. The smallest absolute Gasteiger partial charge is 0.129 e. The van der Waals surface area contributed by atoms with Gasteiger partial charge in [0, 0.05) is 16.5 Å². The first-order chi connectivity index (χ1) is 9.02. The molecule has 0 spiro atoms. The monoisotopic (exact) mass is 345 g/mol. The summed E-state index contributed by atoms with van der Waals surface area (Å²) in [6.45, 7) is 2.00. The summed E-state index contributed by atoms with van der Waals surface area (Å²) in [4.78, 5) is 1.06. The fourth-order valence-electron chi connectivity index (χ4n) is 1.93. The number of hydrogen-bond acceptors (Lipinski definition) is 2. The molecular formula is C14H14BrF2NS. The van der Waals surface area contributed by atoms with Gasteiger partial charge in [0.25, 0.3) is 0 Å². The van der Waals surface area contributed by atoms with Crippen molar-refractivity contribution in [1.82, 2.24) is 5.32 Å². The molecule has 0 aliphatic heterocycles. The van der Waals surface area contributed by atoms with Crippen molar-refractivity contribution in [3.8, 4) is 0 Å². The molecule has 0 amide bonds. The molecule has 0 saturated heterocycles. The third-order valence-corrected chi connectivity index (χ3v) is 5.29. The quantitative estimate of drug-likeness (QED) is 0.853. The molecule has 1 aromatic carbocycles. The molecule has 0 radical (unpaired) electrons. The molecular weight excluding hydrogens is 332 g/mol. The van der Waals surface area contributed by atoms with Gasteiger partial charge < -0.3 is 5.32 Å². The predicted octanol–water partition coefficient (Wildman–Crippen LogP) is 4.60. The van der Waals surface area contributed by atoms with Crippen LogP contribution in [0.3, 0.4) is 0 Å². The summed E-state index contributed by atoms with van der Waals surface area (Å²) < 4.78 is 28.4. The highest BCUT2D eigenvalue weighted by Gasteiger charge is 2.18. The van der Waals surface area contributed by atoms with Gasteiger partial charge in [-0.2, -0.15) is 0 Å². The second-order valence-electron chi connectivity index (χ2n) is 4.35. The molecule has 1 atom stereocenters. The van der Waals surface area contributed by atoms with Gasteiger partial charge in [-0.3, -0.25) is 0 Å². The average Bonchev–Trinajstić information content (AvgIpc) is 2.69. The topological polar surface area (TPSA) is 12.0 Å². The van der Waals surface area contributed by atoms with E-state index in [1.54, 1.807) is 18.4 Å². The first-order valence-electron chi connectivity index (χ1n) is 5.89. The van der Waals surface area contributed by atoms with Gasteiger partial charge in [-0.25, -0.2) is 8.78 Å². The lowest BCUT2D eigenvalue weighted by molar-refractivity contribution is 0.518. The Morgan fingerprint density at radius 2 is 1.95 bits per heavy atom. The van der Waals surface area contributed by atoms with E-state index in [-0.39, 0.29) is 11.6 Å². The highest BCUT2D eigenvalue weighted by Crippen LogP contribution is 2.33. The molecule has 1 nitrogen and oxygen atoms in total. The maximum Gasteiger partial charge on any atom is 0.129 e. The van der Waals surface area contributed by atoms with E-state index in [9.17, 15) is 8.78 Å². The fourth-order valence-corrected chi connectivity index (χ4v) is 3.61. The predicted molar refractivity (Wildman–Crippen MR) is 78.6 cm³/mol. The minimum atomic E-state index is -0.493. The van der Waals surface area contributed by atoms with Crippen LogP contribution >= 0.6 is 27.3 Å². The number of aryl methyl sites for hydroxylation is 1. The maximum atomic E-state index is 13.7. The summed E-state index contributed by atoms with van der Waals surface area (Å²) in [7, 11) is 1.80. The lowest BCUT2D eigenvalue weighted by atomic mass is 10.0. The van der Waals surface area contributed by atoms with Crippen molar-refractivity contribution in [2.75, 3.05) is 7.05 Å². The van der Waals surface area contributed by atoms with E-state index in [0.717, 1.165) is 14.2 Å². The molecule has 1 heterocycles. The normalized spacial score (nSPS) is 12.7. The number of likely N-dealkylation sites (N-methyl/N-ethyl adjacent to an activating group) is 1. The Labute approximate surface area is 123 Å².